The summed E-state index contributed by atoms with van der Waals surface area (Å²) >= 11 is 0. The molecule has 1 rings (SSSR count). The van der Waals surface area contributed by atoms with Crippen LogP contribution >= 0.6 is 0 Å². The number of benzene rings is 1. The highest BCUT2D eigenvalue weighted by Crippen LogP contribution is 2.21. The molecule has 6 heteroatoms. The zero-order valence-corrected chi connectivity index (χ0v) is 16.2. The van der Waals surface area contributed by atoms with Gasteiger partial charge < -0.3 is 10.2 Å². The van der Waals surface area contributed by atoms with Crippen molar-refractivity contribution in [3.05, 3.63) is 28.8 Å². The smallest absolute Gasteiger partial charge is 0.238 e. The fourth-order valence-corrected chi connectivity index (χ4v) is 2.58. The molecule has 1 N–H and O–H groups in total. The van der Waals surface area contributed by atoms with E-state index < -0.39 is 5.54 Å². The van der Waals surface area contributed by atoms with E-state index in [0.717, 1.165) is 22.4 Å². The van der Waals surface area contributed by atoms with Gasteiger partial charge in [-0.2, -0.15) is 5.26 Å². The predicted molar refractivity (Wildman–Crippen MR) is 99.2 cm³/mol. The van der Waals surface area contributed by atoms with E-state index in [0.29, 0.717) is 0 Å². The molecule has 0 aliphatic heterocycles. The first kappa shape index (κ1) is 20.7. The summed E-state index contributed by atoms with van der Waals surface area (Å²) < 4.78 is 0. The molecule has 0 saturated heterocycles. The second-order valence-corrected chi connectivity index (χ2v) is 7.12. The number of nitriles is 1. The van der Waals surface area contributed by atoms with Crippen molar-refractivity contribution >= 4 is 17.5 Å². The van der Waals surface area contributed by atoms with Crippen LogP contribution in [-0.4, -0.2) is 54.3 Å². The Kier molecular flexibility index (Phi) is 6.71. The molecule has 0 aliphatic carbocycles. The van der Waals surface area contributed by atoms with Crippen molar-refractivity contribution in [3.63, 3.8) is 0 Å². The predicted octanol–water partition coefficient (Wildman–Crippen LogP) is 2.24. The summed E-state index contributed by atoms with van der Waals surface area (Å²) in [6, 6.07) is 6.14. The lowest BCUT2D eigenvalue weighted by Gasteiger charge is -2.30. The van der Waals surface area contributed by atoms with Gasteiger partial charge in [-0.05, 0) is 52.8 Å². The first-order valence-electron chi connectivity index (χ1n) is 8.22. The topological polar surface area (TPSA) is 76.4 Å². The number of carbonyl (C=O) groups excluding carboxylic acids is 2. The second kappa shape index (κ2) is 8.13. The Morgan fingerprint density at radius 1 is 1.12 bits per heavy atom. The van der Waals surface area contributed by atoms with Crippen LogP contribution in [0.15, 0.2) is 12.1 Å². The van der Waals surface area contributed by atoms with Gasteiger partial charge in [-0.1, -0.05) is 17.7 Å². The summed E-state index contributed by atoms with van der Waals surface area (Å²) in [5.74, 6) is -0.378. The number of amides is 2. The third-order valence-corrected chi connectivity index (χ3v) is 4.25. The molecule has 6 nitrogen and oxygen atoms in total. The Morgan fingerprint density at radius 3 is 2.12 bits per heavy atom. The van der Waals surface area contributed by atoms with Crippen LogP contribution in [0, 0.1) is 32.1 Å². The maximum absolute atomic E-state index is 12.3. The summed E-state index contributed by atoms with van der Waals surface area (Å²) in [5.41, 5.74) is 3.12. The molecule has 0 spiro atoms. The highest BCUT2D eigenvalue weighted by Gasteiger charge is 2.27. The molecule has 0 saturated carbocycles. The molecule has 0 bridgehead atoms. The number of hydrogen-bond donors (Lipinski definition) is 1. The van der Waals surface area contributed by atoms with Crippen LogP contribution in [0.2, 0.25) is 0 Å². The van der Waals surface area contributed by atoms with Crippen LogP contribution < -0.4 is 5.32 Å². The van der Waals surface area contributed by atoms with E-state index >= 15 is 0 Å². The second-order valence-electron chi connectivity index (χ2n) is 7.12. The van der Waals surface area contributed by atoms with Crippen molar-refractivity contribution in [1.29, 1.82) is 5.26 Å². The van der Waals surface area contributed by atoms with Gasteiger partial charge in [0.25, 0.3) is 0 Å². The molecule has 0 unspecified atom stereocenters. The molecule has 0 fully saturated rings. The fraction of sp³-hybridized carbons (Fsp3) is 0.526. The van der Waals surface area contributed by atoms with Crippen LogP contribution in [0.1, 0.15) is 30.5 Å². The molecule has 0 heterocycles. The van der Waals surface area contributed by atoms with Crippen molar-refractivity contribution in [2.45, 2.75) is 40.2 Å². The van der Waals surface area contributed by atoms with E-state index in [1.807, 2.05) is 32.9 Å². The van der Waals surface area contributed by atoms with E-state index in [4.69, 9.17) is 5.26 Å². The Hall–Kier alpha value is -2.39. The summed E-state index contributed by atoms with van der Waals surface area (Å²) in [7, 11) is 3.30. The minimum atomic E-state index is -0.879. The van der Waals surface area contributed by atoms with Gasteiger partial charge in [0.15, 0.2) is 0 Å². The normalized spacial score (nSPS) is 11.2. The lowest BCUT2D eigenvalue weighted by molar-refractivity contribution is -0.134. The Balaban J connectivity index is 2.67. The molecule has 0 aliphatic rings. The molecule has 25 heavy (non-hydrogen) atoms. The molecule has 2 amide bonds. The molecule has 1 aromatic carbocycles. The van der Waals surface area contributed by atoms with E-state index in [1.54, 1.807) is 32.8 Å². The summed E-state index contributed by atoms with van der Waals surface area (Å²) in [6.45, 7) is 9.47. The molecule has 0 atom stereocenters. The standard InChI is InChI=1S/C19H28N4O2/c1-13-8-14(2)18(15(3)9-13)21-16(24)10-22(6)11-17(25)23(7)19(4,5)12-20/h8-9H,10-11H2,1-7H3,(H,21,24). The van der Waals surface area contributed by atoms with Crippen molar-refractivity contribution in [1.82, 2.24) is 9.80 Å². The van der Waals surface area contributed by atoms with Crippen LogP contribution in [0.3, 0.4) is 0 Å². The molecule has 136 valence electrons. The van der Waals surface area contributed by atoms with E-state index in [1.165, 1.54) is 4.90 Å². The average molecular weight is 344 g/mol. The SMILES string of the molecule is Cc1cc(C)c(NC(=O)CN(C)CC(=O)N(C)C(C)(C)C#N)c(C)c1. The number of nitrogens with one attached hydrogen (secondary N) is 1. The van der Waals surface area contributed by atoms with Crippen LogP contribution in [0.5, 0.6) is 0 Å². The van der Waals surface area contributed by atoms with Gasteiger partial charge in [0.1, 0.15) is 5.54 Å². The van der Waals surface area contributed by atoms with Gasteiger partial charge in [-0.3, -0.25) is 14.5 Å². The summed E-state index contributed by atoms with van der Waals surface area (Å²) in [5, 5.41) is 12.0. The summed E-state index contributed by atoms with van der Waals surface area (Å²) in [4.78, 5) is 27.6. The average Bonchev–Trinajstić information content (AvgIpc) is 2.49. The minimum Gasteiger partial charge on any atom is -0.326 e. The number of aryl methyl sites for hydroxylation is 3. The maximum atomic E-state index is 12.3. The number of rotatable bonds is 6. The van der Waals surface area contributed by atoms with Crippen molar-refractivity contribution in [3.8, 4) is 6.07 Å². The van der Waals surface area contributed by atoms with Crippen LogP contribution in [-0.2, 0) is 9.59 Å². The Morgan fingerprint density at radius 2 is 1.64 bits per heavy atom. The van der Waals surface area contributed by atoms with Crippen molar-refractivity contribution < 1.29 is 9.59 Å². The first-order valence-corrected chi connectivity index (χ1v) is 8.22. The molecule has 0 radical (unpaired) electrons. The quantitative estimate of drug-likeness (QED) is 0.859. The van der Waals surface area contributed by atoms with Crippen LogP contribution in [0.4, 0.5) is 5.69 Å². The van der Waals surface area contributed by atoms with Gasteiger partial charge in [-0.15, -0.1) is 0 Å². The number of nitrogens with zero attached hydrogens (tertiary/aromatic N) is 3. The number of anilines is 1. The van der Waals surface area contributed by atoms with E-state index in [9.17, 15) is 9.59 Å². The van der Waals surface area contributed by atoms with Gasteiger partial charge in [0.2, 0.25) is 11.8 Å². The lowest BCUT2D eigenvalue weighted by Crippen LogP contribution is -2.48. The highest BCUT2D eigenvalue weighted by molar-refractivity contribution is 5.94. The lowest BCUT2D eigenvalue weighted by atomic mass is 10.1. The molecule has 0 aromatic heterocycles. The van der Waals surface area contributed by atoms with Gasteiger partial charge in [-0.25, -0.2) is 0 Å². The third-order valence-electron chi connectivity index (χ3n) is 4.25. The maximum Gasteiger partial charge on any atom is 0.238 e. The van der Waals surface area contributed by atoms with Gasteiger partial charge in [0, 0.05) is 12.7 Å². The number of carbonyl (C=O) groups is 2. The first-order chi connectivity index (χ1) is 11.5. The molecular weight excluding hydrogens is 316 g/mol. The van der Waals surface area contributed by atoms with E-state index in [-0.39, 0.29) is 24.9 Å². The number of likely N-dealkylation sites (N-methyl/N-ethyl adjacent to an activating group) is 2. The zero-order chi connectivity index (χ0) is 19.4. The molecular formula is C19H28N4O2. The van der Waals surface area contributed by atoms with E-state index in [2.05, 4.69) is 11.4 Å². The summed E-state index contributed by atoms with van der Waals surface area (Å²) in [6.07, 6.45) is 0. The molecule has 1 aromatic rings. The third kappa shape index (κ3) is 5.57. The largest absolute Gasteiger partial charge is 0.326 e. The Bertz CT molecular complexity index is 681. The van der Waals surface area contributed by atoms with Crippen molar-refractivity contribution in [2.75, 3.05) is 32.5 Å². The highest BCUT2D eigenvalue weighted by atomic mass is 16.2. The minimum absolute atomic E-state index is 0.0703. The zero-order valence-electron chi connectivity index (χ0n) is 16.2. The number of hydrogen-bond acceptors (Lipinski definition) is 4. The monoisotopic (exact) mass is 344 g/mol. The van der Waals surface area contributed by atoms with Crippen LogP contribution in [0.25, 0.3) is 0 Å². The van der Waals surface area contributed by atoms with Gasteiger partial charge in [0.05, 0.1) is 19.2 Å². The fourth-order valence-electron chi connectivity index (χ4n) is 2.58. The van der Waals surface area contributed by atoms with Crippen molar-refractivity contribution in [2.24, 2.45) is 0 Å². The Labute approximate surface area is 150 Å². The van der Waals surface area contributed by atoms with Gasteiger partial charge >= 0.3 is 0 Å².